The van der Waals surface area contributed by atoms with Gasteiger partial charge in [-0.15, -0.1) is 6.42 Å². The van der Waals surface area contributed by atoms with Gasteiger partial charge in [-0.3, -0.25) is 0 Å². The summed E-state index contributed by atoms with van der Waals surface area (Å²) in [5.41, 5.74) is 3.95. The number of aliphatic hydroxyl groups excluding tert-OH is 1. The van der Waals surface area contributed by atoms with Crippen LogP contribution >= 0.6 is 0 Å². The smallest absolute Gasteiger partial charge is 0.124 e. The van der Waals surface area contributed by atoms with E-state index in [2.05, 4.69) is 24.6 Å². The summed E-state index contributed by atoms with van der Waals surface area (Å²) >= 11 is 0. The van der Waals surface area contributed by atoms with Crippen LogP contribution in [0.2, 0.25) is 0 Å². The first-order chi connectivity index (χ1) is 10.1. The number of hydrogen-bond acceptors (Lipinski definition) is 1. The maximum absolute atomic E-state index is 9.54. The van der Waals surface area contributed by atoms with E-state index in [0.29, 0.717) is 0 Å². The average molecular weight is 276 g/mol. The molecule has 21 heavy (non-hydrogen) atoms. The van der Waals surface area contributed by atoms with Crippen molar-refractivity contribution in [3.63, 3.8) is 0 Å². The quantitative estimate of drug-likeness (QED) is 0.444. The van der Waals surface area contributed by atoms with Crippen molar-refractivity contribution < 1.29 is 5.11 Å². The van der Waals surface area contributed by atoms with E-state index in [4.69, 9.17) is 6.42 Å². The van der Waals surface area contributed by atoms with E-state index in [1.54, 1.807) is 6.08 Å². The van der Waals surface area contributed by atoms with Gasteiger partial charge in [0, 0.05) is 6.08 Å². The van der Waals surface area contributed by atoms with Crippen LogP contribution in [0.1, 0.15) is 19.4 Å². The van der Waals surface area contributed by atoms with Crippen LogP contribution in [0.5, 0.6) is 0 Å². The molecule has 0 unspecified atom stereocenters. The molecule has 0 amide bonds. The second-order valence-corrected chi connectivity index (χ2v) is 4.53. The largest absolute Gasteiger partial charge is 0.507 e. The minimum Gasteiger partial charge on any atom is -0.507 e. The van der Waals surface area contributed by atoms with E-state index >= 15 is 0 Å². The Kier molecular flexibility index (Phi) is 6.57. The van der Waals surface area contributed by atoms with Gasteiger partial charge in [-0.1, -0.05) is 61.1 Å². The fraction of sp³-hybridized carbons (Fsp3) is 0.100. The molecule has 0 spiro atoms. The second-order valence-electron chi connectivity index (χ2n) is 4.53. The Hall–Kier alpha value is -2.72. The fourth-order valence-electron chi connectivity index (χ4n) is 1.75. The lowest BCUT2D eigenvalue weighted by atomic mass is 10.0. The number of terminal acetylenes is 1. The van der Waals surface area contributed by atoms with Crippen LogP contribution in [0.3, 0.4) is 0 Å². The Morgan fingerprint density at radius 3 is 2.48 bits per heavy atom. The first-order valence-corrected chi connectivity index (χ1v) is 6.71. The summed E-state index contributed by atoms with van der Waals surface area (Å²) in [6.07, 6.45) is 14.0. The molecule has 0 fully saturated rings. The summed E-state index contributed by atoms with van der Waals surface area (Å²) in [4.78, 5) is 0. The number of allylic oxidation sites excluding steroid dienone is 8. The van der Waals surface area contributed by atoms with Crippen LogP contribution in [-0.4, -0.2) is 5.11 Å². The highest BCUT2D eigenvalue weighted by Crippen LogP contribution is 2.18. The third-order valence-electron chi connectivity index (χ3n) is 2.98. The average Bonchev–Trinajstić information content (AvgIpc) is 2.48. The van der Waals surface area contributed by atoms with Crippen LogP contribution < -0.4 is 0 Å². The van der Waals surface area contributed by atoms with Crippen molar-refractivity contribution in [2.24, 2.45) is 0 Å². The molecule has 1 nitrogen and oxygen atoms in total. The summed E-state index contributed by atoms with van der Waals surface area (Å²) in [6.45, 7) is 7.88. The lowest BCUT2D eigenvalue weighted by Crippen LogP contribution is -1.84. The fourth-order valence-corrected chi connectivity index (χ4v) is 1.75. The first kappa shape index (κ1) is 16.3. The normalized spacial score (nSPS) is 13.3. The molecule has 0 aliphatic rings. The van der Waals surface area contributed by atoms with Gasteiger partial charge in [-0.2, -0.15) is 0 Å². The Balaban J connectivity index is 2.87. The van der Waals surface area contributed by atoms with Gasteiger partial charge in [0.05, 0.1) is 0 Å². The van der Waals surface area contributed by atoms with Crippen molar-refractivity contribution >= 4 is 5.57 Å². The molecule has 0 saturated heterocycles. The van der Waals surface area contributed by atoms with Gasteiger partial charge in [-0.05, 0) is 42.2 Å². The molecule has 106 valence electrons. The summed E-state index contributed by atoms with van der Waals surface area (Å²) in [6, 6.07) is 10.1. The molecule has 0 radical (unpaired) electrons. The minimum atomic E-state index is 0.0545. The van der Waals surface area contributed by atoms with E-state index in [1.165, 1.54) is 6.08 Å². The molecule has 0 heterocycles. The molecule has 1 heteroatoms. The molecule has 1 rings (SSSR count). The molecule has 0 atom stereocenters. The van der Waals surface area contributed by atoms with Crippen LogP contribution in [-0.2, 0) is 0 Å². The number of hydrogen-bond donors (Lipinski definition) is 1. The third-order valence-corrected chi connectivity index (χ3v) is 2.98. The van der Waals surface area contributed by atoms with E-state index < -0.39 is 0 Å². The monoisotopic (exact) mass is 276 g/mol. The molecular formula is C20H20O. The lowest BCUT2D eigenvalue weighted by molar-refractivity contribution is 0.432. The zero-order valence-electron chi connectivity index (χ0n) is 12.5. The van der Waals surface area contributed by atoms with Crippen molar-refractivity contribution in [1.82, 2.24) is 0 Å². The molecule has 1 aromatic carbocycles. The van der Waals surface area contributed by atoms with Gasteiger partial charge in [0.2, 0.25) is 0 Å². The minimum absolute atomic E-state index is 0.0545. The predicted octanol–water partition coefficient (Wildman–Crippen LogP) is 5.22. The molecular weight excluding hydrogens is 256 g/mol. The van der Waals surface area contributed by atoms with Gasteiger partial charge < -0.3 is 5.11 Å². The number of rotatable bonds is 5. The second kappa shape index (κ2) is 8.45. The molecule has 0 aliphatic carbocycles. The highest BCUT2D eigenvalue weighted by Gasteiger charge is 1.97. The predicted molar refractivity (Wildman–Crippen MR) is 91.7 cm³/mol. The van der Waals surface area contributed by atoms with Gasteiger partial charge in [0.15, 0.2) is 0 Å². The maximum atomic E-state index is 9.54. The molecule has 1 N–H and O–H groups in total. The van der Waals surface area contributed by atoms with E-state index in [0.717, 1.165) is 22.3 Å². The molecule has 0 aromatic heterocycles. The third kappa shape index (κ3) is 5.42. The van der Waals surface area contributed by atoms with Crippen molar-refractivity contribution in [3.05, 3.63) is 89.8 Å². The maximum Gasteiger partial charge on any atom is 0.124 e. The van der Waals surface area contributed by atoms with Crippen molar-refractivity contribution in [2.45, 2.75) is 13.8 Å². The number of aliphatic hydroxyl groups is 1. The Labute approximate surface area is 127 Å². The van der Waals surface area contributed by atoms with E-state index in [1.807, 2.05) is 50.3 Å². The zero-order chi connectivity index (χ0) is 15.7. The van der Waals surface area contributed by atoms with Gasteiger partial charge >= 0.3 is 0 Å². The van der Waals surface area contributed by atoms with Crippen molar-refractivity contribution in [1.29, 1.82) is 0 Å². The van der Waals surface area contributed by atoms with Gasteiger partial charge in [-0.25, -0.2) is 0 Å². The molecule has 1 aromatic rings. The first-order valence-electron chi connectivity index (χ1n) is 6.71. The molecule has 0 aliphatic heterocycles. The highest BCUT2D eigenvalue weighted by atomic mass is 16.3. The Morgan fingerprint density at radius 1 is 1.24 bits per heavy atom. The standard InChI is InChI=1S/C20H20O/c1-5-10-20(21)15-17(4)16(3)13-14-18(6-2)19-11-8-7-9-12-19/h1,6-15,21H,3H2,2,4H3/b14-13-,17-15+,18-6+,20-10+. The summed E-state index contributed by atoms with van der Waals surface area (Å²) in [5.74, 6) is 2.33. The topological polar surface area (TPSA) is 20.2 Å². The Bertz CT molecular complexity index is 647. The molecule has 0 saturated carbocycles. The zero-order valence-corrected chi connectivity index (χ0v) is 12.5. The summed E-state index contributed by atoms with van der Waals surface area (Å²) in [5, 5.41) is 9.54. The van der Waals surface area contributed by atoms with Gasteiger partial charge in [0.25, 0.3) is 0 Å². The molecule has 0 bridgehead atoms. The van der Waals surface area contributed by atoms with Gasteiger partial charge in [0.1, 0.15) is 5.76 Å². The van der Waals surface area contributed by atoms with Crippen LogP contribution in [0.4, 0.5) is 0 Å². The van der Waals surface area contributed by atoms with Crippen LogP contribution in [0.15, 0.2) is 84.2 Å². The summed E-state index contributed by atoms with van der Waals surface area (Å²) < 4.78 is 0. The number of benzene rings is 1. The van der Waals surface area contributed by atoms with Crippen LogP contribution in [0.25, 0.3) is 5.57 Å². The summed E-state index contributed by atoms with van der Waals surface area (Å²) in [7, 11) is 0. The van der Waals surface area contributed by atoms with Crippen molar-refractivity contribution in [3.8, 4) is 12.3 Å². The van der Waals surface area contributed by atoms with Crippen molar-refractivity contribution in [2.75, 3.05) is 0 Å². The Morgan fingerprint density at radius 2 is 1.90 bits per heavy atom. The highest BCUT2D eigenvalue weighted by molar-refractivity contribution is 5.74. The van der Waals surface area contributed by atoms with E-state index in [-0.39, 0.29) is 5.76 Å². The lowest BCUT2D eigenvalue weighted by Gasteiger charge is -2.03. The SMILES string of the molecule is C#C/C=C(O)\C=C(/C)C(=C)/C=C\C(=C/C)c1ccccc1. The van der Waals surface area contributed by atoms with E-state index in [9.17, 15) is 5.11 Å². The van der Waals surface area contributed by atoms with Crippen LogP contribution in [0, 0.1) is 12.3 Å².